The van der Waals surface area contributed by atoms with E-state index in [9.17, 15) is 4.79 Å². The van der Waals surface area contributed by atoms with Gasteiger partial charge in [0.1, 0.15) is 12.1 Å². The van der Waals surface area contributed by atoms with E-state index in [0.29, 0.717) is 48.6 Å². The van der Waals surface area contributed by atoms with Gasteiger partial charge >= 0.3 is 6.03 Å². The number of aromatic nitrogens is 5. The molecule has 1 atom stereocenters. The number of benzene rings is 1. The molecule has 0 aliphatic carbocycles. The molecule has 3 aromatic heterocycles. The number of nitrogens with zero attached hydrogens (tertiary/aromatic N) is 6. The molecule has 0 bridgehead atoms. The second kappa shape index (κ2) is 8.46. The van der Waals surface area contributed by atoms with Crippen molar-refractivity contribution in [3.8, 4) is 0 Å². The van der Waals surface area contributed by atoms with Crippen LogP contribution in [0.25, 0.3) is 16.6 Å². The molecule has 1 aliphatic heterocycles. The summed E-state index contributed by atoms with van der Waals surface area (Å²) in [7, 11) is 0. The minimum atomic E-state index is -0.147. The number of urea groups is 1. The van der Waals surface area contributed by atoms with E-state index >= 15 is 0 Å². The monoisotopic (exact) mass is 451 g/mol. The van der Waals surface area contributed by atoms with Gasteiger partial charge in [-0.25, -0.2) is 19.7 Å². The summed E-state index contributed by atoms with van der Waals surface area (Å²) in [4.78, 5) is 27.0. The maximum atomic E-state index is 11.8. The van der Waals surface area contributed by atoms with E-state index in [0.717, 1.165) is 16.5 Å². The van der Waals surface area contributed by atoms with Gasteiger partial charge in [0.2, 0.25) is 5.95 Å². The molecule has 5 rings (SSSR count). The molecule has 0 unspecified atom stereocenters. The highest BCUT2D eigenvalue weighted by Gasteiger charge is 2.20. The first-order chi connectivity index (χ1) is 15.6. The van der Waals surface area contributed by atoms with Gasteiger partial charge in [0.25, 0.3) is 0 Å². The number of para-hydroxylation sites is 1. The number of fused-ring (bicyclic) bond motifs is 2. The lowest BCUT2D eigenvalue weighted by Gasteiger charge is -2.21. The van der Waals surface area contributed by atoms with Crippen LogP contribution >= 0.6 is 11.6 Å². The second-order valence-electron chi connectivity index (χ2n) is 7.55. The van der Waals surface area contributed by atoms with E-state index in [1.807, 2.05) is 31.2 Å². The molecule has 164 valence electrons. The first kappa shape index (κ1) is 20.3. The van der Waals surface area contributed by atoms with Gasteiger partial charge in [-0.05, 0) is 19.1 Å². The molecule has 4 aromatic rings. The number of pyridine rings is 1. The van der Waals surface area contributed by atoms with Gasteiger partial charge in [-0.3, -0.25) is 0 Å². The van der Waals surface area contributed by atoms with Gasteiger partial charge in [-0.1, -0.05) is 23.7 Å². The number of hydrogen-bond acceptors (Lipinski definition) is 7. The summed E-state index contributed by atoms with van der Waals surface area (Å²) in [6.07, 6.45) is 3.19. The van der Waals surface area contributed by atoms with Crippen LogP contribution in [0.5, 0.6) is 0 Å². The van der Waals surface area contributed by atoms with Crippen molar-refractivity contribution < 1.29 is 4.79 Å². The summed E-state index contributed by atoms with van der Waals surface area (Å²) in [5.74, 6) is 1.29. The quantitative estimate of drug-likeness (QED) is 0.396. The molecule has 1 aromatic carbocycles. The third-order valence-corrected chi connectivity index (χ3v) is 5.76. The summed E-state index contributed by atoms with van der Waals surface area (Å²) in [6, 6.07) is 9.42. The van der Waals surface area contributed by atoms with E-state index < -0.39 is 0 Å². The van der Waals surface area contributed by atoms with Gasteiger partial charge < -0.3 is 20.9 Å². The summed E-state index contributed by atoms with van der Waals surface area (Å²) >= 11 is 6.40. The predicted molar refractivity (Wildman–Crippen MR) is 123 cm³/mol. The minimum Gasteiger partial charge on any atom is -0.368 e. The molecule has 0 saturated carbocycles. The van der Waals surface area contributed by atoms with Crippen LogP contribution in [-0.2, 0) is 0 Å². The van der Waals surface area contributed by atoms with E-state index in [1.165, 1.54) is 6.33 Å². The lowest BCUT2D eigenvalue weighted by molar-refractivity contribution is 0.219. The van der Waals surface area contributed by atoms with E-state index in [2.05, 4.69) is 37.1 Å². The maximum Gasteiger partial charge on any atom is 0.317 e. The fourth-order valence-corrected chi connectivity index (χ4v) is 4.03. The van der Waals surface area contributed by atoms with Crippen LogP contribution in [0.3, 0.4) is 0 Å². The van der Waals surface area contributed by atoms with Crippen LogP contribution in [-0.4, -0.2) is 61.7 Å². The van der Waals surface area contributed by atoms with E-state index in [-0.39, 0.29) is 12.1 Å². The molecular formula is C21H22ClN9O. The fourth-order valence-electron chi connectivity index (χ4n) is 3.81. The largest absolute Gasteiger partial charge is 0.368 e. The van der Waals surface area contributed by atoms with Gasteiger partial charge in [-0.15, -0.1) is 0 Å². The first-order valence-electron chi connectivity index (χ1n) is 10.4. The smallest absolute Gasteiger partial charge is 0.317 e. The van der Waals surface area contributed by atoms with Crippen LogP contribution < -0.4 is 16.0 Å². The highest BCUT2D eigenvalue weighted by atomic mass is 35.5. The summed E-state index contributed by atoms with van der Waals surface area (Å²) < 4.78 is 1.65. The zero-order chi connectivity index (χ0) is 22.1. The molecule has 1 saturated heterocycles. The van der Waals surface area contributed by atoms with Crippen molar-refractivity contribution in [3.05, 3.63) is 53.4 Å². The molecule has 3 N–H and O–H groups in total. The molecular weight excluding hydrogens is 430 g/mol. The third kappa shape index (κ3) is 3.84. The van der Waals surface area contributed by atoms with Gasteiger partial charge in [0.15, 0.2) is 5.65 Å². The van der Waals surface area contributed by atoms with Gasteiger partial charge in [-0.2, -0.15) is 9.61 Å². The standard InChI is InChI=1S/C21H22ClN9O/c1-13(28-20-26-12-25-17-5-6-27-31(17)20)15-11-14-3-2-4-16(22)18(14)29-19(15)23-7-9-30-10-8-24-21(30)32/h2-6,11-13H,7-10H2,1H3,(H,23,29)(H,24,32)(H,25,26,28)/t13-/m0/s1. The zero-order valence-corrected chi connectivity index (χ0v) is 18.2. The number of amides is 2. The molecule has 4 heterocycles. The number of hydrogen-bond donors (Lipinski definition) is 3. The Kier molecular flexibility index (Phi) is 5.36. The Morgan fingerprint density at radius 2 is 2.19 bits per heavy atom. The maximum absolute atomic E-state index is 11.8. The molecule has 1 aliphatic rings. The van der Waals surface area contributed by atoms with Crippen molar-refractivity contribution >= 4 is 45.9 Å². The summed E-state index contributed by atoms with van der Waals surface area (Å²) in [6.45, 7) is 4.55. The van der Waals surface area contributed by atoms with Crippen LogP contribution in [0.1, 0.15) is 18.5 Å². The zero-order valence-electron chi connectivity index (χ0n) is 17.4. The Morgan fingerprint density at radius 1 is 1.28 bits per heavy atom. The van der Waals surface area contributed by atoms with Crippen molar-refractivity contribution in [2.45, 2.75) is 13.0 Å². The summed E-state index contributed by atoms with van der Waals surface area (Å²) in [5.41, 5.74) is 2.38. The van der Waals surface area contributed by atoms with Crippen molar-refractivity contribution in [2.24, 2.45) is 0 Å². The Labute approximate surface area is 189 Å². The number of rotatable bonds is 7. The van der Waals surface area contributed by atoms with Gasteiger partial charge in [0.05, 0.1) is 22.8 Å². The second-order valence-corrected chi connectivity index (χ2v) is 7.96. The lowest BCUT2D eigenvalue weighted by atomic mass is 10.1. The van der Waals surface area contributed by atoms with Crippen LogP contribution in [0.2, 0.25) is 5.02 Å². The van der Waals surface area contributed by atoms with E-state index in [1.54, 1.807) is 15.6 Å². The minimum absolute atomic E-state index is 0.0384. The number of anilines is 2. The van der Waals surface area contributed by atoms with Gasteiger partial charge in [0, 0.05) is 43.2 Å². The normalized spacial score (nSPS) is 14.7. The summed E-state index contributed by atoms with van der Waals surface area (Å²) in [5, 5.41) is 15.4. The van der Waals surface area contributed by atoms with Crippen molar-refractivity contribution in [1.29, 1.82) is 0 Å². The highest BCUT2D eigenvalue weighted by molar-refractivity contribution is 6.35. The highest BCUT2D eigenvalue weighted by Crippen LogP contribution is 2.30. The number of halogens is 1. The van der Waals surface area contributed by atoms with Crippen LogP contribution in [0.4, 0.5) is 16.6 Å². The van der Waals surface area contributed by atoms with Crippen molar-refractivity contribution in [2.75, 3.05) is 36.8 Å². The number of carbonyl (C=O) groups is 1. The average Bonchev–Trinajstić information content (AvgIpc) is 3.43. The Balaban J connectivity index is 1.45. The topological polar surface area (TPSA) is 112 Å². The fraction of sp³-hybridized carbons (Fsp3) is 0.286. The van der Waals surface area contributed by atoms with Crippen molar-refractivity contribution in [1.82, 2.24) is 34.8 Å². The van der Waals surface area contributed by atoms with Crippen LogP contribution in [0.15, 0.2) is 42.9 Å². The Bertz CT molecular complexity index is 1290. The first-order valence-corrected chi connectivity index (χ1v) is 10.7. The molecule has 32 heavy (non-hydrogen) atoms. The van der Waals surface area contributed by atoms with Crippen LogP contribution in [0, 0.1) is 0 Å². The molecule has 2 amide bonds. The Morgan fingerprint density at radius 3 is 3.03 bits per heavy atom. The van der Waals surface area contributed by atoms with Crippen molar-refractivity contribution in [3.63, 3.8) is 0 Å². The molecule has 0 radical (unpaired) electrons. The Hall–Kier alpha value is -3.66. The SMILES string of the molecule is C[C@H](Nc1ncnc2ccnn12)c1cc2cccc(Cl)c2nc1NCCN1CCNC1=O. The lowest BCUT2D eigenvalue weighted by Crippen LogP contribution is -2.32. The molecule has 0 spiro atoms. The van der Waals surface area contributed by atoms with E-state index in [4.69, 9.17) is 16.6 Å². The number of carbonyl (C=O) groups excluding carboxylic acids is 1. The predicted octanol–water partition coefficient (Wildman–Crippen LogP) is 2.94. The number of nitrogens with one attached hydrogen (secondary N) is 3. The molecule has 10 nitrogen and oxygen atoms in total. The molecule has 1 fully saturated rings. The third-order valence-electron chi connectivity index (χ3n) is 5.45. The molecule has 11 heteroatoms. The average molecular weight is 452 g/mol.